The van der Waals surface area contributed by atoms with E-state index in [0.29, 0.717) is 17.2 Å². The van der Waals surface area contributed by atoms with Crippen molar-refractivity contribution in [1.29, 1.82) is 0 Å². The number of hydrogen-bond acceptors (Lipinski definition) is 5. The Balaban J connectivity index is 1.75. The summed E-state index contributed by atoms with van der Waals surface area (Å²) in [4.78, 5) is 12.6. The Morgan fingerprint density at radius 3 is 2.35 bits per heavy atom. The van der Waals surface area contributed by atoms with Gasteiger partial charge in [0, 0.05) is 7.05 Å². The van der Waals surface area contributed by atoms with E-state index in [-0.39, 0.29) is 17.2 Å². The molecule has 0 radical (unpaired) electrons. The van der Waals surface area contributed by atoms with Crippen molar-refractivity contribution in [2.75, 3.05) is 26.0 Å². The number of carbonyl (C=O) groups is 1. The molecule has 1 amide bonds. The number of rotatable bonds is 8. The van der Waals surface area contributed by atoms with Crippen molar-refractivity contribution in [2.45, 2.75) is 11.8 Å². The molecule has 0 aliphatic rings. The number of methoxy groups -OCH3 is 1. The van der Waals surface area contributed by atoms with Crippen LogP contribution in [-0.4, -0.2) is 39.3 Å². The van der Waals surface area contributed by atoms with Crippen LogP contribution < -0.4 is 14.8 Å². The second kappa shape index (κ2) is 9.63. The molecule has 3 rings (SSSR count). The predicted octanol–water partition coefficient (Wildman–Crippen LogP) is 4.06. The fourth-order valence-electron chi connectivity index (χ4n) is 2.90. The van der Waals surface area contributed by atoms with E-state index >= 15 is 0 Å². The fraction of sp³-hybridized carbons (Fsp3) is 0.174. The Kier molecular flexibility index (Phi) is 6.94. The Morgan fingerprint density at radius 1 is 0.968 bits per heavy atom. The maximum Gasteiger partial charge on any atom is 0.246 e. The molecule has 0 bridgehead atoms. The van der Waals surface area contributed by atoms with Crippen LogP contribution in [0.5, 0.6) is 17.2 Å². The molecule has 1 N–H and O–H groups in total. The lowest BCUT2D eigenvalue weighted by Gasteiger charge is -2.19. The van der Waals surface area contributed by atoms with Crippen LogP contribution in [0.1, 0.15) is 5.56 Å². The Bertz CT molecular complexity index is 1160. The summed E-state index contributed by atoms with van der Waals surface area (Å²) in [5, 5.41) is 2.72. The first-order valence-corrected chi connectivity index (χ1v) is 11.0. The number of carbonyl (C=O) groups excluding carboxylic acids is 1. The molecule has 0 atom stereocenters. The maximum absolute atomic E-state index is 13.0. The minimum atomic E-state index is -3.93. The largest absolute Gasteiger partial charge is 0.495 e. The van der Waals surface area contributed by atoms with E-state index in [0.717, 1.165) is 9.87 Å². The van der Waals surface area contributed by atoms with Crippen molar-refractivity contribution in [3.63, 3.8) is 0 Å². The van der Waals surface area contributed by atoms with Gasteiger partial charge in [-0.05, 0) is 48.9 Å². The van der Waals surface area contributed by atoms with Crippen LogP contribution in [0.2, 0.25) is 0 Å². The number of hydrogen-bond donors (Lipinski definition) is 1. The summed E-state index contributed by atoms with van der Waals surface area (Å²) in [6.07, 6.45) is 0. The highest BCUT2D eigenvalue weighted by Crippen LogP contribution is 2.30. The van der Waals surface area contributed by atoms with E-state index in [4.69, 9.17) is 9.47 Å². The van der Waals surface area contributed by atoms with Gasteiger partial charge in [0.15, 0.2) is 5.75 Å². The van der Waals surface area contributed by atoms with Crippen LogP contribution in [0.15, 0.2) is 77.7 Å². The Hall–Kier alpha value is -3.36. The monoisotopic (exact) mass is 440 g/mol. The number of ether oxygens (including phenoxy) is 2. The van der Waals surface area contributed by atoms with Crippen molar-refractivity contribution < 1.29 is 22.7 Å². The van der Waals surface area contributed by atoms with Crippen LogP contribution in [0, 0.1) is 6.92 Å². The van der Waals surface area contributed by atoms with Gasteiger partial charge in [-0.3, -0.25) is 4.79 Å². The van der Waals surface area contributed by atoms with Gasteiger partial charge in [-0.15, -0.1) is 0 Å². The number of aryl methyl sites for hydroxylation is 1. The molecule has 0 aliphatic carbocycles. The van der Waals surface area contributed by atoms with E-state index in [1.807, 2.05) is 18.2 Å². The molecule has 0 saturated carbocycles. The summed E-state index contributed by atoms with van der Waals surface area (Å²) >= 11 is 0. The number of nitrogens with one attached hydrogen (secondary N) is 1. The molecular formula is C23H24N2O5S. The van der Waals surface area contributed by atoms with Gasteiger partial charge < -0.3 is 14.8 Å². The van der Waals surface area contributed by atoms with Gasteiger partial charge in [-0.2, -0.15) is 4.31 Å². The van der Waals surface area contributed by atoms with E-state index in [9.17, 15) is 13.2 Å². The molecule has 0 unspecified atom stereocenters. The van der Waals surface area contributed by atoms with Crippen molar-refractivity contribution in [1.82, 2.24) is 4.31 Å². The zero-order valence-electron chi connectivity index (χ0n) is 17.5. The SMILES string of the molecule is COc1ccc(C)cc1S(=O)(=O)N(C)CC(=O)Nc1ccccc1Oc1ccccc1. The van der Waals surface area contributed by atoms with Crippen LogP contribution in [0.3, 0.4) is 0 Å². The van der Waals surface area contributed by atoms with Crippen molar-refractivity contribution in [2.24, 2.45) is 0 Å². The number of nitrogens with zero attached hydrogens (tertiary/aromatic N) is 1. The fourth-order valence-corrected chi connectivity index (χ4v) is 4.27. The lowest BCUT2D eigenvalue weighted by Crippen LogP contribution is -2.35. The highest BCUT2D eigenvalue weighted by Gasteiger charge is 2.27. The van der Waals surface area contributed by atoms with Gasteiger partial charge in [0.2, 0.25) is 15.9 Å². The smallest absolute Gasteiger partial charge is 0.246 e. The van der Waals surface area contributed by atoms with E-state index in [1.54, 1.807) is 55.5 Å². The number of benzene rings is 3. The molecule has 0 spiro atoms. The van der Waals surface area contributed by atoms with E-state index in [2.05, 4.69) is 5.32 Å². The maximum atomic E-state index is 13.0. The molecule has 3 aromatic carbocycles. The second-order valence-electron chi connectivity index (χ2n) is 6.87. The topological polar surface area (TPSA) is 84.9 Å². The van der Waals surface area contributed by atoms with Gasteiger partial charge in [0.05, 0.1) is 19.3 Å². The molecular weight excluding hydrogens is 416 g/mol. The average Bonchev–Trinajstić information content (AvgIpc) is 2.75. The van der Waals surface area contributed by atoms with Crippen LogP contribution >= 0.6 is 0 Å². The van der Waals surface area contributed by atoms with Crippen LogP contribution in [-0.2, 0) is 14.8 Å². The molecule has 0 aromatic heterocycles. The average molecular weight is 441 g/mol. The van der Waals surface area contributed by atoms with Crippen LogP contribution in [0.25, 0.3) is 0 Å². The first-order chi connectivity index (χ1) is 14.8. The highest BCUT2D eigenvalue weighted by atomic mass is 32.2. The van der Waals surface area contributed by atoms with Gasteiger partial charge in [-0.1, -0.05) is 36.4 Å². The number of likely N-dealkylation sites (N-methyl/N-ethyl adjacent to an activating group) is 1. The normalized spacial score (nSPS) is 11.2. The molecule has 0 aliphatic heterocycles. The predicted molar refractivity (Wildman–Crippen MR) is 119 cm³/mol. The second-order valence-corrected chi connectivity index (χ2v) is 8.89. The van der Waals surface area contributed by atoms with Gasteiger partial charge in [0.25, 0.3) is 0 Å². The first kappa shape index (κ1) is 22.3. The number of para-hydroxylation sites is 3. The summed E-state index contributed by atoms with van der Waals surface area (Å²) in [5.74, 6) is 0.796. The molecule has 0 heterocycles. The number of sulfonamides is 1. The first-order valence-electron chi connectivity index (χ1n) is 9.54. The van der Waals surface area contributed by atoms with E-state index in [1.165, 1.54) is 20.2 Å². The lowest BCUT2D eigenvalue weighted by molar-refractivity contribution is -0.116. The summed E-state index contributed by atoms with van der Waals surface area (Å²) in [6.45, 7) is 1.41. The van der Waals surface area contributed by atoms with Crippen molar-refractivity contribution in [3.8, 4) is 17.2 Å². The third kappa shape index (κ3) is 5.42. The highest BCUT2D eigenvalue weighted by molar-refractivity contribution is 7.89. The van der Waals surface area contributed by atoms with Gasteiger partial charge >= 0.3 is 0 Å². The Labute approximate surface area is 182 Å². The molecule has 7 nitrogen and oxygen atoms in total. The number of anilines is 1. The zero-order chi connectivity index (χ0) is 22.4. The molecule has 0 fully saturated rings. The van der Waals surface area contributed by atoms with Gasteiger partial charge in [0.1, 0.15) is 16.4 Å². The summed E-state index contributed by atoms with van der Waals surface area (Å²) in [7, 11) is -1.18. The summed E-state index contributed by atoms with van der Waals surface area (Å²) in [6, 6.07) is 21.0. The third-order valence-corrected chi connectivity index (χ3v) is 6.33. The van der Waals surface area contributed by atoms with Crippen LogP contribution in [0.4, 0.5) is 5.69 Å². The van der Waals surface area contributed by atoms with Gasteiger partial charge in [-0.25, -0.2) is 8.42 Å². The van der Waals surface area contributed by atoms with E-state index < -0.39 is 15.9 Å². The standard InChI is InChI=1S/C23H24N2O5S/c1-17-13-14-21(29-3)22(15-17)31(27,28)25(2)16-23(26)24-19-11-7-8-12-20(19)30-18-9-5-4-6-10-18/h4-15H,16H2,1-3H3,(H,24,26). The number of amides is 1. The minimum absolute atomic E-state index is 0.0121. The van der Waals surface area contributed by atoms with Crippen molar-refractivity contribution >= 4 is 21.6 Å². The summed E-state index contributed by atoms with van der Waals surface area (Å²) < 4.78 is 38.0. The summed E-state index contributed by atoms with van der Waals surface area (Å²) in [5.41, 5.74) is 1.21. The lowest BCUT2D eigenvalue weighted by atomic mass is 10.2. The van der Waals surface area contributed by atoms with Crippen molar-refractivity contribution in [3.05, 3.63) is 78.4 Å². The molecule has 162 valence electrons. The molecule has 0 saturated heterocycles. The molecule has 31 heavy (non-hydrogen) atoms. The minimum Gasteiger partial charge on any atom is -0.495 e. The quantitative estimate of drug-likeness (QED) is 0.571. The zero-order valence-corrected chi connectivity index (χ0v) is 18.3. The molecule has 3 aromatic rings. The molecule has 8 heteroatoms. The Morgan fingerprint density at radius 2 is 1.65 bits per heavy atom. The third-order valence-electron chi connectivity index (χ3n) is 4.51.